The highest BCUT2D eigenvalue weighted by Crippen LogP contribution is 2.21. The van der Waals surface area contributed by atoms with Crippen LogP contribution in [-0.4, -0.2) is 17.4 Å². The largest absolute Gasteiger partial charge is 0.457 e. The third-order valence-electron chi connectivity index (χ3n) is 3.87. The van der Waals surface area contributed by atoms with Gasteiger partial charge in [-0.3, -0.25) is 9.78 Å². The van der Waals surface area contributed by atoms with Crippen LogP contribution in [0, 0.1) is 11.6 Å². The Labute approximate surface area is 161 Å². The van der Waals surface area contributed by atoms with E-state index in [0.29, 0.717) is 30.0 Å². The van der Waals surface area contributed by atoms with E-state index in [1.807, 2.05) is 24.3 Å². The molecular weight excluding hydrogens is 362 g/mol. The fraction of sp³-hybridized carbons (Fsp3) is 0.0909. The van der Waals surface area contributed by atoms with Gasteiger partial charge < -0.3 is 10.1 Å². The van der Waals surface area contributed by atoms with Gasteiger partial charge in [0.05, 0.1) is 0 Å². The molecule has 2 aromatic carbocycles. The van der Waals surface area contributed by atoms with Crippen molar-refractivity contribution in [1.29, 1.82) is 0 Å². The van der Waals surface area contributed by atoms with Crippen LogP contribution in [0.2, 0.25) is 0 Å². The molecule has 0 saturated carbocycles. The summed E-state index contributed by atoms with van der Waals surface area (Å²) in [5, 5.41) is 2.75. The Morgan fingerprint density at radius 3 is 2.61 bits per heavy atom. The number of nitrogens with one attached hydrogen (secondary N) is 1. The maximum absolute atomic E-state index is 13.1. The molecule has 0 aliphatic heterocycles. The van der Waals surface area contributed by atoms with Crippen molar-refractivity contribution in [3.8, 4) is 11.5 Å². The lowest BCUT2D eigenvalue weighted by atomic mass is 10.1. The minimum atomic E-state index is -0.948. The van der Waals surface area contributed by atoms with Gasteiger partial charge in [-0.1, -0.05) is 18.2 Å². The maximum atomic E-state index is 13.1. The van der Waals surface area contributed by atoms with Gasteiger partial charge in [-0.2, -0.15) is 0 Å². The SMILES string of the molecule is O=C(C=Cc1ccc(F)c(F)c1)NCCc1cccc(Oc2ccncc2)c1. The van der Waals surface area contributed by atoms with Crippen LogP contribution in [0.25, 0.3) is 6.08 Å². The summed E-state index contributed by atoms with van der Waals surface area (Å²) >= 11 is 0. The third-order valence-corrected chi connectivity index (χ3v) is 3.87. The van der Waals surface area contributed by atoms with E-state index in [0.717, 1.165) is 17.7 Å². The van der Waals surface area contributed by atoms with Gasteiger partial charge in [0.2, 0.25) is 5.91 Å². The number of halogens is 2. The molecule has 0 saturated heterocycles. The molecule has 0 atom stereocenters. The first-order valence-corrected chi connectivity index (χ1v) is 8.68. The Hall–Kier alpha value is -3.54. The minimum absolute atomic E-state index is 0.311. The van der Waals surface area contributed by atoms with Gasteiger partial charge in [0.1, 0.15) is 11.5 Å². The molecule has 1 heterocycles. The quantitative estimate of drug-likeness (QED) is 0.613. The number of amides is 1. The van der Waals surface area contributed by atoms with Crippen molar-refractivity contribution in [3.63, 3.8) is 0 Å². The molecular formula is C22H18F2N2O2. The zero-order valence-electron chi connectivity index (χ0n) is 14.9. The molecule has 0 aliphatic carbocycles. The highest BCUT2D eigenvalue weighted by Gasteiger charge is 2.02. The number of ether oxygens (including phenoxy) is 1. The molecule has 3 aromatic rings. The summed E-state index contributed by atoms with van der Waals surface area (Å²) in [6, 6.07) is 14.6. The summed E-state index contributed by atoms with van der Waals surface area (Å²) in [5.41, 5.74) is 1.42. The normalized spacial score (nSPS) is 10.8. The first-order chi connectivity index (χ1) is 13.6. The van der Waals surface area contributed by atoms with Gasteiger partial charge in [-0.25, -0.2) is 8.78 Å². The van der Waals surface area contributed by atoms with Crippen molar-refractivity contribution in [2.75, 3.05) is 6.54 Å². The van der Waals surface area contributed by atoms with E-state index in [1.54, 1.807) is 24.5 Å². The zero-order valence-corrected chi connectivity index (χ0v) is 14.9. The van der Waals surface area contributed by atoms with Gasteiger partial charge in [0.15, 0.2) is 11.6 Å². The number of hydrogen-bond donors (Lipinski definition) is 1. The van der Waals surface area contributed by atoms with Crippen molar-refractivity contribution < 1.29 is 18.3 Å². The van der Waals surface area contributed by atoms with E-state index in [1.165, 1.54) is 18.2 Å². The Balaban J connectivity index is 1.49. The summed E-state index contributed by atoms with van der Waals surface area (Å²) in [6.45, 7) is 0.430. The van der Waals surface area contributed by atoms with Gasteiger partial charge in [-0.15, -0.1) is 0 Å². The predicted molar refractivity (Wildman–Crippen MR) is 103 cm³/mol. The highest BCUT2D eigenvalue weighted by molar-refractivity contribution is 5.91. The first-order valence-electron chi connectivity index (χ1n) is 8.68. The van der Waals surface area contributed by atoms with Crippen molar-refractivity contribution in [1.82, 2.24) is 10.3 Å². The van der Waals surface area contributed by atoms with Gasteiger partial charge in [0, 0.05) is 25.0 Å². The summed E-state index contributed by atoms with van der Waals surface area (Å²) in [5.74, 6) is -0.779. The molecule has 0 fully saturated rings. The fourth-order valence-corrected chi connectivity index (χ4v) is 2.48. The van der Waals surface area contributed by atoms with Crippen molar-refractivity contribution in [3.05, 3.63) is 95.8 Å². The highest BCUT2D eigenvalue weighted by atomic mass is 19.2. The van der Waals surface area contributed by atoms with Gasteiger partial charge in [-0.05, 0) is 60.0 Å². The monoisotopic (exact) mass is 380 g/mol. The Morgan fingerprint density at radius 2 is 1.82 bits per heavy atom. The van der Waals surface area contributed by atoms with Crippen LogP contribution >= 0.6 is 0 Å². The Bertz CT molecular complexity index is 975. The lowest BCUT2D eigenvalue weighted by molar-refractivity contribution is -0.116. The van der Waals surface area contributed by atoms with Crippen LogP contribution in [0.15, 0.2) is 73.1 Å². The number of aromatic nitrogens is 1. The molecule has 0 unspecified atom stereocenters. The maximum Gasteiger partial charge on any atom is 0.244 e. The fourth-order valence-electron chi connectivity index (χ4n) is 2.48. The molecule has 142 valence electrons. The van der Waals surface area contributed by atoms with Crippen LogP contribution in [0.1, 0.15) is 11.1 Å². The molecule has 1 N–H and O–H groups in total. The first kappa shape index (κ1) is 19.2. The molecule has 1 amide bonds. The smallest absolute Gasteiger partial charge is 0.244 e. The molecule has 1 aromatic heterocycles. The summed E-state index contributed by atoms with van der Waals surface area (Å²) in [7, 11) is 0. The van der Waals surface area contributed by atoms with E-state index >= 15 is 0 Å². The summed E-state index contributed by atoms with van der Waals surface area (Å²) in [4.78, 5) is 15.8. The van der Waals surface area contributed by atoms with Crippen molar-refractivity contribution >= 4 is 12.0 Å². The second kappa shape index (κ2) is 9.41. The zero-order chi connectivity index (χ0) is 19.8. The van der Waals surface area contributed by atoms with E-state index in [2.05, 4.69) is 10.3 Å². The number of nitrogens with zero attached hydrogens (tertiary/aromatic N) is 1. The van der Waals surface area contributed by atoms with Gasteiger partial charge in [0.25, 0.3) is 0 Å². The van der Waals surface area contributed by atoms with Crippen LogP contribution in [-0.2, 0) is 11.2 Å². The number of carbonyl (C=O) groups is 1. The summed E-state index contributed by atoms with van der Waals surface area (Å²) < 4.78 is 31.8. The van der Waals surface area contributed by atoms with Crippen molar-refractivity contribution in [2.24, 2.45) is 0 Å². The number of pyridine rings is 1. The third kappa shape index (κ3) is 5.74. The van der Waals surface area contributed by atoms with E-state index in [-0.39, 0.29) is 5.91 Å². The molecule has 28 heavy (non-hydrogen) atoms. The number of rotatable bonds is 7. The molecule has 0 spiro atoms. The molecule has 0 aliphatic rings. The molecule has 0 bridgehead atoms. The average Bonchev–Trinajstić information content (AvgIpc) is 2.70. The lowest BCUT2D eigenvalue weighted by Crippen LogP contribution is -2.23. The standard InChI is InChI=1S/C22H18F2N2O2/c23-20-6-4-17(15-21(20)24)5-7-22(27)26-13-8-16-2-1-3-19(14-16)28-18-9-11-25-12-10-18/h1-7,9-12,14-15H,8,13H2,(H,26,27). The lowest BCUT2D eigenvalue weighted by Gasteiger charge is -2.08. The van der Waals surface area contributed by atoms with Crippen LogP contribution in [0.3, 0.4) is 0 Å². The number of hydrogen-bond acceptors (Lipinski definition) is 3. The predicted octanol–water partition coefficient (Wildman–Crippen LogP) is 4.52. The molecule has 0 radical (unpaired) electrons. The topological polar surface area (TPSA) is 51.2 Å². The molecule has 4 nitrogen and oxygen atoms in total. The minimum Gasteiger partial charge on any atom is -0.457 e. The van der Waals surface area contributed by atoms with Crippen LogP contribution in [0.4, 0.5) is 8.78 Å². The molecule has 3 rings (SSSR count). The Kier molecular flexibility index (Phi) is 6.46. The Morgan fingerprint density at radius 1 is 1.00 bits per heavy atom. The van der Waals surface area contributed by atoms with Crippen LogP contribution < -0.4 is 10.1 Å². The molecule has 6 heteroatoms. The van der Waals surface area contributed by atoms with Crippen molar-refractivity contribution in [2.45, 2.75) is 6.42 Å². The van der Waals surface area contributed by atoms with Crippen LogP contribution in [0.5, 0.6) is 11.5 Å². The van der Waals surface area contributed by atoms with E-state index in [9.17, 15) is 13.6 Å². The summed E-state index contributed by atoms with van der Waals surface area (Å²) in [6.07, 6.45) is 6.65. The van der Waals surface area contributed by atoms with E-state index in [4.69, 9.17) is 4.74 Å². The second-order valence-electron chi connectivity index (χ2n) is 5.98. The van der Waals surface area contributed by atoms with Gasteiger partial charge >= 0.3 is 0 Å². The number of carbonyl (C=O) groups excluding carboxylic acids is 1. The second-order valence-corrected chi connectivity index (χ2v) is 5.98. The number of benzene rings is 2. The average molecular weight is 380 g/mol. The van der Waals surface area contributed by atoms with E-state index < -0.39 is 11.6 Å².